The van der Waals surface area contributed by atoms with E-state index in [0.29, 0.717) is 35.3 Å². The number of amides is 1. The molecule has 34 heavy (non-hydrogen) atoms. The predicted octanol–water partition coefficient (Wildman–Crippen LogP) is 2.93. The highest BCUT2D eigenvalue weighted by atomic mass is 16.5. The van der Waals surface area contributed by atoms with Gasteiger partial charge in [-0.05, 0) is 30.2 Å². The minimum Gasteiger partial charge on any atom is -0.489 e. The van der Waals surface area contributed by atoms with Crippen molar-refractivity contribution in [1.82, 2.24) is 5.32 Å². The Balaban J connectivity index is 1.31. The molecule has 3 aromatic carbocycles. The molecule has 0 aliphatic heterocycles. The lowest BCUT2D eigenvalue weighted by Gasteiger charge is -2.19. The van der Waals surface area contributed by atoms with Crippen LogP contribution in [0.3, 0.4) is 0 Å². The Hall–Kier alpha value is -4.03. The predicted molar refractivity (Wildman–Crippen MR) is 128 cm³/mol. The zero-order valence-electron chi connectivity index (χ0n) is 19.0. The Bertz CT molecular complexity index is 1250. The highest BCUT2D eigenvalue weighted by Crippen LogP contribution is 2.25. The molecule has 0 bridgehead atoms. The highest BCUT2D eigenvalue weighted by molar-refractivity contribution is 6.26. The molecule has 4 rings (SSSR count). The van der Waals surface area contributed by atoms with Gasteiger partial charge in [-0.15, -0.1) is 0 Å². The van der Waals surface area contributed by atoms with E-state index in [4.69, 9.17) is 4.74 Å². The fourth-order valence-electron chi connectivity index (χ4n) is 3.92. The monoisotopic (exact) mass is 455 g/mol. The van der Waals surface area contributed by atoms with Crippen LogP contribution in [0.2, 0.25) is 0 Å². The quantitative estimate of drug-likeness (QED) is 0.545. The van der Waals surface area contributed by atoms with Gasteiger partial charge in [-0.2, -0.15) is 0 Å². The van der Waals surface area contributed by atoms with Crippen LogP contribution in [-0.4, -0.2) is 30.1 Å². The molecule has 0 saturated heterocycles. The maximum atomic E-state index is 12.8. The van der Waals surface area contributed by atoms with E-state index in [1.165, 1.54) is 0 Å². The van der Waals surface area contributed by atoms with Gasteiger partial charge in [0.25, 0.3) is 5.91 Å². The summed E-state index contributed by atoms with van der Waals surface area (Å²) in [6, 6.07) is 23.7. The molecule has 6 heteroatoms. The molecule has 0 radical (unpaired) electrons. The number of nitrogens with one attached hydrogen (secondary N) is 1. The number of rotatable bonds is 8. The Morgan fingerprint density at radius 1 is 0.853 bits per heavy atom. The normalized spacial score (nSPS) is 13.9. The molecule has 0 heterocycles. The molecule has 0 saturated carbocycles. The van der Waals surface area contributed by atoms with Gasteiger partial charge in [0.1, 0.15) is 12.4 Å². The number of hydrogen-bond acceptors (Lipinski definition) is 4. The minimum absolute atomic E-state index is 0.00184. The molecular formula is C28H27N2O4+. The van der Waals surface area contributed by atoms with Crippen LogP contribution in [0.1, 0.15) is 38.8 Å². The van der Waals surface area contributed by atoms with Crippen molar-refractivity contribution in [3.63, 3.8) is 0 Å². The number of carbonyl (C=O) groups is 3. The molecule has 1 aliphatic rings. The van der Waals surface area contributed by atoms with Crippen LogP contribution in [0.4, 0.5) is 0 Å². The maximum absolute atomic E-state index is 12.8. The summed E-state index contributed by atoms with van der Waals surface area (Å²) in [5, 5.41) is 2.78. The van der Waals surface area contributed by atoms with Crippen LogP contribution in [0, 0.1) is 0 Å². The Morgan fingerprint density at radius 2 is 1.47 bits per heavy atom. The molecule has 0 fully saturated rings. The van der Waals surface area contributed by atoms with Gasteiger partial charge in [0.15, 0.2) is 17.6 Å². The van der Waals surface area contributed by atoms with Crippen LogP contribution in [0.15, 0.2) is 90.0 Å². The number of quaternary nitrogens is 1. The average Bonchev–Trinajstić information content (AvgIpc) is 2.87. The molecule has 1 atom stereocenters. The second-order valence-electron chi connectivity index (χ2n) is 8.34. The fraction of sp³-hybridized carbons (Fsp3) is 0.179. The van der Waals surface area contributed by atoms with E-state index in [9.17, 15) is 14.4 Å². The summed E-state index contributed by atoms with van der Waals surface area (Å²) in [7, 11) is 0. The third kappa shape index (κ3) is 5.13. The van der Waals surface area contributed by atoms with Crippen LogP contribution >= 0.6 is 0 Å². The summed E-state index contributed by atoms with van der Waals surface area (Å²) in [5.41, 5.74) is 7.50. The van der Waals surface area contributed by atoms with Crippen molar-refractivity contribution in [2.45, 2.75) is 26.0 Å². The summed E-state index contributed by atoms with van der Waals surface area (Å²) < 4.78 is 5.80. The van der Waals surface area contributed by atoms with E-state index in [2.05, 4.69) is 11.1 Å². The second-order valence-corrected chi connectivity index (χ2v) is 8.34. The standard InChI is InChI=1S/C28H26N2O4/c1-18-24(27(32)23-10-6-5-9-22(23)26(18)31)16-30-28(33)25(29)15-19-11-13-21(14-12-19)34-17-20-7-3-2-4-8-20/h2-14,25H,15-17,29H2,1H3,(H,30,33)/p+1/t25-/m1/s1. The van der Waals surface area contributed by atoms with Crippen LogP contribution in [-0.2, 0) is 17.8 Å². The van der Waals surface area contributed by atoms with Gasteiger partial charge in [-0.25, -0.2) is 0 Å². The zero-order valence-corrected chi connectivity index (χ0v) is 19.0. The lowest BCUT2D eigenvalue weighted by Crippen LogP contribution is -2.68. The summed E-state index contributed by atoms with van der Waals surface area (Å²) in [5.74, 6) is 0.0737. The van der Waals surface area contributed by atoms with Crippen molar-refractivity contribution in [2.75, 3.05) is 6.54 Å². The zero-order chi connectivity index (χ0) is 24.1. The topological polar surface area (TPSA) is 100 Å². The van der Waals surface area contributed by atoms with Gasteiger partial charge in [0.05, 0.1) is 0 Å². The summed E-state index contributed by atoms with van der Waals surface area (Å²) in [6.45, 7) is 2.12. The molecule has 3 aromatic rings. The summed E-state index contributed by atoms with van der Waals surface area (Å²) >= 11 is 0. The largest absolute Gasteiger partial charge is 0.489 e. The number of benzene rings is 3. The Morgan fingerprint density at radius 3 is 2.15 bits per heavy atom. The van der Waals surface area contributed by atoms with Gasteiger partial charge in [-0.3, -0.25) is 14.4 Å². The van der Waals surface area contributed by atoms with E-state index in [0.717, 1.165) is 16.9 Å². The van der Waals surface area contributed by atoms with E-state index in [1.807, 2.05) is 54.6 Å². The van der Waals surface area contributed by atoms with Crippen LogP contribution in [0.5, 0.6) is 5.75 Å². The molecule has 0 aromatic heterocycles. The van der Waals surface area contributed by atoms with E-state index in [-0.39, 0.29) is 24.0 Å². The van der Waals surface area contributed by atoms with Crippen molar-refractivity contribution in [3.05, 3.63) is 112 Å². The van der Waals surface area contributed by atoms with Gasteiger partial charge in [0, 0.05) is 35.2 Å². The van der Waals surface area contributed by atoms with Crippen molar-refractivity contribution in [3.8, 4) is 5.75 Å². The number of carbonyl (C=O) groups excluding carboxylic acids is 3. The molecular weight excluding hydrogens is 428 g/mol. The van der Waals surface area contributed by atoms with Crippen molar-refractivity contribution in [2.24, 2.45) is 0 Å². The highest BCUT2D eigenvalue weighted by Gasteiger charge is 2.30. The number of ketones is 2. The van der Waals surface area contributed by atoms with Crippen molar-refractivity contribution < 1.29 is 24.9 Å². The van der Waals surface area contributed by atoms with Crippen LogP contribution in [0.25, 0.3) is 0 Å². The van der Waals surface area contributed by atoms with Gasteiger partial charge in [0.2, 0.25) is 0 Å². The summed E-state index contributed by atoms with van der Waals surface area (Å²) in [6.07, 6.45) is 0.443. The number of fused-ring (bicyclic) bond motifs is 1. The number of hydrogen-bond donors (Lipinski definition) is 2. The fourth-order valence-corrected chi connectivity index (χ4v) is 3.92. The molecule has 172 valence electrons. The average molecular weight is 456 g/mol. The van der Waals surface area contributed by atoms with Crippen molar-refractivity contribution in [1.29, 1.82) is 0 Å². The van der Waals surface area contributed by atoms with Crippen LogP contribution < -0.4 is 15.8 Å². The third-order valence-corrected chi connectivity index (χ3v) is 5.95. The lowest BCUT2D eigenvalue weighted by molar-refractivity contribution is -0.403. The number of Topliss-reactive ketones (excluding diaryl/α,β-unsaturated/α-hetero) is 2. The molecule has 0 spiro atoms. The first-order valence-electron chi connectivity index (χ1n) is 11.2. The number of allylic oxidation sites excluding steroid dienone is 1. The van der Waals surface area contributed by atoms with E-state index < -0.39 is 6.04 Å². The van der Waals surface area contributed by atoms with Gasteiger partial charge in [-0.1, -0.05) is 66.7 Å². The first kappa shape index (κ1) is 23.1. The first-order chi connectivity index (χ1) is 16.4. The Kier molecular flexibility index (Phi) is 6.99. The molecule has 1 aliphatic carbocycles. The lowest BCUT2D eigenvalue weighted by atomic mass is 9.84. The molecule has 1 amide bonds. The van der Waals surface area contributed by atoms with E-state index >= 15 is 0 Å². The molecule has 6 nitrogen and oxygen atoms in total. The second kappa shape index (κ2) is 10.3. The van der Waals surface area contributed by atoms with Crippen molar-refractivity contribution >= 4 is 17.5 Å². The molecule has 0 unspecified atom stereocenters. The first-order valence-corrected chi connectivity index (χ1v) is 11.2. The van der Waals surface area contributed by atoms with Gasteiger partial charge < -0.3 is 15.8 Å². The Labute approximate surface area is 198 Å². The minimum atomic E-state index is -0.543. The summed E-state index contributed by atoms with van der Waals surface area (Å²) in [4.78, 5) is 38.1. The maximum Gasteiger partial charge on any atom is 0.278 e. The smallest absolute Gasteiger partial charge is 0.278 e. The molecule has 4 N–H and O–H groups in total. The van der Waals surface area contributed by atoms with Gasteiger partial charge >= 0.3 is 0 Å². The number of ether oxygens (including phenoxy) is 1. The van der Waals surface area contributed by atoms with E-state index in [1.54, 1.807) is 31.2 Å². The SMILES string of the molecule is CC1=C(CNC(=O)[C@H]([NH3+])Cc2ccc(OCc3ccccc3)cc2)C(=O)c2ccccc2C1=O. The third-order valence-electron chi connectivity index (χ3n) is 5.95.